The Hall–Kier alpha value is -0.970. The zero-order chi connectivity index (χ0) is 6.41. The first-order chi connectivity index (χ1) is 3.81. The van der Waals surface area contributed by atoms with Crippen LogP contribution in [0.1, 0.15) is 13.3 Å². The predicted molar refractivity (Wildman–Crippen MR) is 30.1 cm³/mol. The molecular weight excluding hydrogens is 104 g/mol. The van der Waals surface area contributed by atoms with Crippen LogP contribution in [0, 0.1) is 12.3 Å². The number of ether oxygens (including phenoxy) is 1. The van der Waals surface area contributed by atoms with E-state index in [9.17, 15) is 4.79 Å². The van der Waals surface area contributed by atoms with E-state index in [1.807, 2.05) is 0 Å². The Balaban J connectivity index is 3.20. The van der Waals surface area contributed by atoms with Gasteiger partial charge in [0.2, 0.25) is 0 Å². The standard InChI is InChI=1S/C6H8O2/c1-3-4-6(2)8-5-7/h1,5-6H,4H2,2H3. The fourth-order valence-corrected chi connectivity index (χ4v) is 0.309. The molecule has 0 amide bonds. The molecule has 0 aromatic carbocycles. The van der Waals surface area contributed by atoms with Gasteiger partial charge in [-0.2, -0.15) is 0 Å². The van der Waals surface area contributed by atoms with E-state index < -0.39 is 0 Å². The summed E-state index contributed by atoms with van der Waals surface area (Å²) >= 11 is 0. The van der Waals surface area contributed by atoms with Crippen LogP contribution in [0.3, 0.4) is 0 Å². The normalized spacial score (nSPS) is 11.5. The highest BCUT2D eigenvalue weighted by Gasteiger charge is 1.94. The summed E-state index contributed by atoms with van der Waals surface area (Å²) in [6, 6.07) is 0. The Kier molecular flexibility index (Phi) is 3.69. The second-order valence-electron chi connectivity index (χ2n) is 1.45. The van der Waals surface area contributed by atoms with E-state index in [1.54, 1.807) is 6.92 Å². The van der Waals surface area contributed by atoms with Crippen LogP contribution >= 0.6 is 0 Å². The average Bonchev–Trinajstić information content (AvgIpc) is 1.68. The van der Waals surface area contributed by atoms with Gasteiger partial charge in [-0.05, 0) is 6.92 Å². The molecule has 0 rings (SSSR count). The third-order valence-electron chi connectivity index (χ3n) is 0.693. The summed E-state index contributed by atoms with van der Waals surface area (Å²) in [6.45, 7) is 2.15. The largest absolute Gasteiger partial charge is 0.464 e. The van der Waals surface area contributed by atoms with Crippen LogP contribution in [0.4, 0.5) is 0 Å². The van der Waals surface area contributed by atoms with Gasteiger partial charge < -0.3 is 4.74 Å². The minimum absolute atomic E-state index is 0.141. The van der Waals surface area contributed by atoms with Gasteiger partial charge in [0.25, 0.3) is 6.47 Å². The summed E-state index contributed by atoms with van der Waals surface area (Å²) in [5.74, 6) is 2.37. The lowest BCUT2D eigenvalue weighted by Crippen LogP contribution is -2.04. The number of hydrogen-bond acceptors (Lipinski definition) is 2. The number of rotatable bonds is 3. The van der Waals surface area contributed by atoms with Gasteiger partial charge in [-0.1, -0.05) is 0 Å². The lowest BCUT2D eigenvalue weighted by atomic mass is 10.3. The molecule has 8 heavy (non-hydrogen) atoms. The molecule has 0 saturated heterocycles. The van der Waals surface area contributed by atoms with E-state index in [-0.39, 0.29) is 6.10 Å². The van der Waals surface area contributed by atoms with Gasteiger partial charge in [0, 0.05) is 6.42 Å². The Labute approximate surface area is 48.8 Å². The number of carbonyl (C=O) groups is 1. The number of hydrogen-bond donors (Lipinski definition) is 0. The zero-order valence-electron chi connectivity index (χ0n) is 4.76. The van der Waals surface area contributed by atoms with E-state index in [4.69, 9.17) is 6.42 Å². The topological polar surface area (TPSA) is 26.3 Å². The highest BCUT2D eigenvalue weighted by molar-refractivity contribution is 5.37. The molecule has 0 bridgehead atoms. The first-order valence-corrected chi connectivity index (χ1v) is 2.33. The maximum Gasteiger partial charge on any atom is 0.293 e. The summed E-state index contributed by atoms with van der Waals surface area (Å²) < 4.78 is 4.46. The zero-order valence-corrected chi connectivity index (χ0v) is 4.76. The van der Waals surface area contributed by atoms with Crippen LogP contribution in [0.25, 0.3) is 0 Å². The van der Waals surface area contributed by atoms with Crippen molar-refractivity contribution >= 4 is 6.47 Å². The van der Waals surface area contributed by atoms with Crippen LogP contribution in [0.2, 0.25) is 0 Å². The quantitative estimate of drug-likeness (QED) is 0.394. The maximum absolute atomic E-state index is 9.60. The third-order valence-corrected chi connectivity index (χ3v) is 0.693. The number of terminal acetylenes is 1. The van der Waals surface area contributed by atoms with Crippen LogP contribution in [-0.4, -0.2) is 12.6 Å². The van der Waals surface area contributed by atoms with E-state index in [1.165, 1.54) is 0 Å². The molecule has 0 spiro atoms. The summed E-state index contributed by atoms with van der Waals surface area (Å²) in [4.78, 5) is 9.60. The molecule has 0 fully saturated rings. The second-order valence-corrected chi connectivity index (χ2v) is 1.45. The molecule has 2 nitrogen and oxygen atoms in total. The molecule has 0 heterocycles. The molecule has 0 aromatic heterocycles. The van der Waals surface area contributed by atoms with Crippen molar-refractivity contribution in [2.75, 3.05) is 0 Å². The van der Waals surface area contributed by atoms with Crippen molar-refractivity contribution in [2.45, 2.75) is 19.4 Å². The van der Waals surface area contributed by atoms with Crippen molar-refractivity contribution in [3.8, 4) is 12.3 Å². The molecule has 1 atom stereocenters. The van der Waals surface area contributed by atoms with Crippen LogP contribution < -0.4 is 0 Å². The molecule has 1 unspecified atom stereocenters. The summed E-state index contributed by atoms with van der Waals surface area (Å²) in [7, 11) is 0. The lowest BCUT2D eigenvalue weighted by molar-refractivity contribution is -0.132. The molecule has 0 radical (unpaired) electrons. The predicted octanol–water partition coefficient (Wildman–Crippen LogP) is 0.571. The minimum atomic E-state index is -0.141. The summed E-state index contributed by atoms with van der Waals surface area (Å²) in [5, 5.41) is 0. The maximum atomic E-state index is 9.60. The van der Waals surface area contributed by atoms with Gasteiger partial charge in [0.05, 0.1) is 0 Å². The molecule has 0 aromatic rings. The molecule has 0 aliphatic carbocycles. The average molecular weight is 112 g/mol. The van der Waals surface area contributed by atoms with Gasteiger partial charge in [-0.25, -0.2) is 0 Å². The Morgan fingerprint density at radius 2 is 2.62 bits per heavy atom. The Bertz CT molecular complexity index is 102. The monoisotopic (exact) mass is 112 g/mol. The molecule has 0 aliphatic rings. The van der Waals surface area contributed by atoms with E-state index in [2.05, 4.69) is 10.7 Å². The SMILES string of the molecule is C#CCC(C)OC=O. The summed E-state index contributed by atoms with van der Waals surface area (Å²) in [5.41, 5.74) is 0. The first kappa shape index (κ1) is 7.03. The van der Waals surface area contributed by atoms with Crippen molar-refractivity contribution in [2.24, 2.45) is 0 Å². The van der Waals surface area contributed by atoms with E-state index in [0.717, 1.165) is 0 Å². The fourth-order valence-electron chi connectivity index (χ4n) is 0.309. The summed E-state index contributed by atoms with van der Waals surface area (Å²) in [6.07, 6.45) is 5.26. The van der Waals surface area contributed by atoms with Gasteiger partial charge in [0.15, 0.2) is 0 Å². The third kappa shape index (κ3) is 3.23. The molecular formula is C6H8O2. The highest BCUT2D eigenvalue weighted by Crippen LogP contribution is 1.90. The van der Waals surface area contributed by atoms with Crippen molar-refractivity contribution in [1.29, 1.82) is 0 Å². The van der Waals surface area contributed by atoms with Crippen LogP contribution in [0.15, 0.2) is 0 Å². The van der Waals surface area contributed by atoms with Gasteiger partial charge in [-0.3, -0.25) is 4.79 Å². The van der Waals surface area contributed by atoms with Crippen molar-refractivity contribution in [3.63, 3.8) is 0 Å². The van der Waals surface area contributed by atoms with Crippen molar-refractivity contribution < 1.29 is 9.53 Å². The van der Waals surface area contributed by atoms with Crippen LogP contribution in [-0.2, 0) is 9.53 Å². The fraction of sp³-hybridized carbons (Fsp3) is 0.500. The van der Waals surface area contributed by atoms with Crippen molar-refractivity contribution in [1.82, 2.24) is 0 Å². The molecule has 0 aliphatic heterocycles. The van der Waals surface area contributed by atoms with Crippen LogP contribution in [0.5, 0.6) is 0 Å². The molecule has 0 N–H and O–H groups in total. The highest BCUT2D eigenvalue weighted by atomic mass is 16.5. The molecule has 0 saturated carbocycles. The Morgan fingerprint density at radius 3 is 3.00 bits per heavy atom. The van der Waals surface area contributed by atoms with Gasteiger partial charge in [0.1, 0.15) is 6.10 Å². The lowest BCUT2D eigenvalue weighted by Gasteiger charge is -2.01. The Morgan fingerprint density at radius 1 is 2.00 bits per heavy atom. The van der Waals surface area contributed by atoms with Crippen molar-refractivity contribution in [3.05, 3.63) is 0 Å². The molecule has 2 heteroatoms. The van der Waals surface area contributed by atoms with E-state index in [0.29, 0.717) is 12.9 Å². The number of carbonyl (C=O) groups excluding carboxylic acids is 1. The minimum Gasteiger partial charge on any atom is -0.464 e. The first-order valence-electron chi connectivity index (χ1n) is 2.33. The second kappa shape index (κ2) is 4.20. The van der Waals surface area contributed by atoms with E-state index >= 15 is 0 Å². The van der Waals surface area contributed by atoms with Gasteiger partial charge >= 0.3 is 0 Å². The van der Waals surface area contributed by atoms with Gasteiger partial charge in [-0.15, -0.1) is 12.3 Å². The molecule has 44 valence electrons. The smallest absolute Gasteiger partial charge is 0.293 e.